The fraction of sp³-hybridized carbons (Fsp3) is 0.941. The van der Waals surface area contributed by atoms with Crippen molar-refractivity contribution in [2.24, 2.45) is 11.8 Å². The van der Waals surface area contributed by atoms with E-state index in [9.17, 15) is 4.79 Å². The maximum atomic E-state index is 13.1. The Morgan fingerprint density at radius 2 is 2.05 bits per heavy atom. The van der Waals surface area contributed by atoms with Gasteiger partial charge in [0.15, 0.2) is 0 Å². The van der Waals surface area contributed by atoms with E-state index < -0.39 is 0 Å². The summed E-state index contributed by atoms with van der Waals surface area (Å²) in [4.78, 5) is 18.1. The summed E-state index contributed by atoms with van der Waals surface area (Å²) in [6.07, 6.45) is 10.1. The molecule has 0 aromatic rings. The monoisotopic (exact) mass is 276 g/mol. The van der Waals surface area contributed by atoms with Gasteiger partial charge >= 0.3 is 0 Å². The van der Waals surface area contributed by atoms with E-state index in [0.717, 1.165) is 18.9 Å². The van der Waals surface area contributed by atoms with Gasteiger partial charge in [-0.05, 0) is 57.4 Å². The molecule has 0 aliphatic carbocycles. The van der Waals surface area contributed by atoms with E-state index in [2.05, 4.69) is 16.7 Å². The van der Waals surface area contributed by atoms with Gasteiger partial charge in [-0.2, -0.15) is 0 Å². The van der Waals surface area contributed by atoms with Gasteiger partial charge in [-0.3, -0.25) is 9.69 Å². The number of rotatable bonds is 1. The van der Waals surface area contributed by atoms with E-state index in [-0.39, 0.29) is 5.54 Å². The van der Waals surface area contributed by atoms with Gasteiger partial charge in [0.25, 0.3) is 0 Å². The maximum absolute atomic E-state index is 13.1. The van der Waals surface area contributed by atoms with Crippen molar-refractivity contribution in [2.75, 3.05) is 19.6 Å². The molecule has 3 nitrogen and oxygen atoms in total. The highest BCUT2D eigenvalue weighted by Gasteiger charge is 2.57. The Labute approximate surface area is 122 Å². The Morgan fingerprint density at radius 3 is 2.90 bits per heavy atom. The Balaban J connectivity index is 1.70. The van der Waals surface area contributed by atoms with Gasteiger partial charge in [-0.1, -0.05) is 13.3 Å². The highest BCUT2D eigenvalue weighted by molar-refractivity contribution is 5.82. The molecule has 0 spiro atoms. The molecule has 0 aromatic carbocycles. The molecule has 112 valence electrons. The van der Waals surface area contributed by atoms with Crippen LogP contribution in [0.4, 0.5) is 0 Å². The molecule has 0 saturated carbocycles. The molecule has 4 fully saturated rings. The Hall–Kier alpha value is -0.570. The third kappa shape index (κ3) is 1.65. The number of nitrogens with zero attached hydrogens (tertiary/aromatic N) is 2. The summed E-state index contributed by atoms with van der Waals surface area (Å²) >= 11 is 0. The molecule has 4 atom stereocenters. The molecule has 0 radical (unpaired) electrons. The summed E-state index contributed by atoms with van der Waals surface area (Å²) < 4.78 is 0. The van der Waals surface area contributed by atoms with Crippen molar-refractivity contribution >= 4 is 5.91 Å². The molecule has 3 heteroatoms. The van der Waals surface area contributed by atoms with Crippen LogP contribution in [0.1, 0.15) is 58.3 Å². The van der Waals surface area contributed by atoms with Crippen molar-refractivity contribution < 1.29 is 4.79 Å². The average molecular weight is 276 g/mol. The zero-order valence-corrected chi connectivity index (χ0v) is 12.8. The van der Waals surface area contributed by atoms with Crippen LogP contribution in [0.15, 0.2) is 0 Å². The minimum atomic E-state index is 0.217. The molecule has 1 amide bonds. The molecule has 20 heavy (non-hydrogen) atoms. The molecule has 4 heterocycles. The summed E-state index contributed by atoms with van der Waals surface area (Å²) in [5.41, 5.74) is 0.217. The van der Waals surface area contributed by atoms with Crippen molar-refractivity contribution in [1.29, 1.82) is 0 Å². The number of carbonyl (C=O) groups is 1. The summed E-state index contributed by atoms with van der Waals surface area (Å²) in [5, 5.41) is 0. The quantitative estimate of drug-likeness (QED) is 0.735. The second kappa shape index (κ2) is 4.72. The van der Waals surface area contributed by atoms with Crippen LogP contribution in [0, 0.1) is 11.8 Å². The zero-order chi connectivity index (χ0) is 13.7. The molecular weight excluding hydrogens is 248 g/mol. The van der Waals surface area contributed by atoms with E-state index in [1.165, 1.54) is 58.0 Å². The van der Waals surface area contributed by atoms with Crippen LogP contribution < -0.4 is 0 Å². The summed E-state index contributed by atoms with van der Waals surface area (Å²) in [7, 11) is 0. The molecule has 0 unspecified atom stereocenters. The second-order valence-electron chi connectivity index (χ2n) is 7.50. The molecule has 4 aliphatic heterocycles. The predicted octanol–water partition coefficient (Wildman–Crippen LogP) is 2.65. The normalized spacial score (nSPS) is 45.0. The molecule has 4 rings (SSSR count). The number of carbonyl (C=O) groups excluding carboxylic acids is 1. The molecule has 2 bridgehead atoms. The highest BCUT2D eigenvalue weighted by Crippen LogP contribution is 2.50. The van der Waals surface area contributed by atoms with Gasteiger partial charge < -0.3 is 4.90 Å². The molecule has 0 N–H and O–H groups in total. The third-order valence-electron chi connectivity index (χ3n) is 6.85. The first-order valence-electron chi connectivity index (χ1n) is 8.82. The summed E-state index contributed by atoms with van der Waals surface area (Å²) in [6, 6.07) is 0.573. The fourth-order valence-corrected chi connectivity index (χ4v) is 5.84. The van der Waals surface area contributed by atoms with E-state index in [1.54, 1.807) is 0 Å². The standard InChI is InChI=1S/C17H28N2O/c1-2-17-8-4-6-9-18(17)12-13-11-14(17)16(20)19-10-5-3-7-15(13)19/h13-15H,2-12H2,1H3/t13-,14-,15-,17+/m0/s1. The smallest absolute Gasteiger partial charge is 0.227 e. The fourth-order valence-electron chi connectivity index (χ4n) is 5.84. The van der Waals surface area contributed by atoms with Crippen LogP contribution in [0.3, 0.4) is 0 Å². The molecular formula is C17H28N2O. The molecule has 4 saturated heterocycles. The van der Waals surface area contributed by atoms with Crippen molar-refractivity contribution in [1.82, 2.24) is 9.80 Å². The van der Waals surface area contributed by atoms with E-state index in [4.69, 9.17) is 0 Å². The Kier molecular flexibility index (Phi) is 3.10. The van der Waals surface area contributed by atoms with Gasteiger partial charge in [-0.25, -0.2) is 0 Å². The van der Waals surface area contributed by atoms with Crippen molar-refractivity contribution in [3.8, 4) is 0 Å². The number of hydrogen-bond acceptors (Lipinski definition) is 2. The zero-order valence-electron chi connectivity index (χ0n) is 12.8. The average Bonchev–Trinajstić information content (AvgIpc) is 2.52. The SMILES string of the molecule is CC[C@]12CCCCN1C[C@@H]1C[C@H]2C(=O)N2CCCC[C@@H]12. The Bertz CT molecular complexity index is 410. The van der Waals surface area contributed by atoms with Gasteiger partial charge in [0.05, 0.1) is 5.92 Å². The first kappa shape index (κ1) is 13.1. The number of piperidine rings is 4. The maximum Gasteiger partial charge on any atom is 0.227 e. The number of fused-ring (bicyclic) bond motifs is 6. The van der Waals surface area contributed by atoms with Crippen LogP contribution in [-0.2, 0) is 4.79 Å². The lowest BCUT2D eigenvalue weighted by Crippen LogP contribution is -2.71. The van der Waals surface area contributed by atoms with Crippen LogP contribution >= 0.6 is 0 Å². The first-order valence-corrected chi connectivity index (χ1v) is 8.82. The minimum Gasteiger partial charge on any atom is -0.339 e. The third-order valence-corrected chi connectivity index (χ3v) is 6.85. The largest absolute Gasteiger partial charge is 0.339 e. The van der Waals surface area contributed by atoms with Gasteiger partial charge in [0.1, 0.15) is 0 Å². The number of amides is 1. The minimum absolute atomic E-state index is 0.217. The van der Waals surface area contributed by atoms with Crippen molar-refractivity contribution in [3.05, 3.63) is 0 Å². The molecule has 0 aromatic heterocycles. The lowest BCUT2D eigenvalue weighted by molar-refractivity contribution is -0.171. The van der Waals surface area contributed by atoms with Gasteiger partial charge in [0, 0.05) is 24.7 Å². The van der Waals surface area contributed by atoms with Gasteiger partial charge in [-0.15, -0.1) is 0 Å². The summed E-state index contributed by atoms with van der Waals surface area (Å²) in [6.45, 7) is 5.85. The Morgan fingerprint density at radius 1 is 1.20 bits per heavy atom. The predicted molar refractivity (Wildman–Crippen MR) is 79.4 cm³/mol. The van der Waals surface area contributed by atoms with E-state index >= 15 is 0 Å². The van der Waals surface area contributed by atoms with E-state index in [0.29, 0.717) is 17.9 Å². The lowest BCUT2D eigenvalue weighted by Gasteiger charge is -2.62. The molecule has 4 aliphatic rings. The second-order valence-corrected chi connectivity index (χ2v) is 7.50. The van der Waals surface area contributed by atoms with Crippen LogP contribution in [0.25, 0.3) is 0 Å². The van der Waals surface area contributed by atoms with Gasteiger partial charge in [0.2, 0.25) is 5.91 Å². The van der Waals surface area contributed by atoms with E-state index in [1.807, 2.05) is 0 Å². The first-order chi connectivity index (χ1) is 9.76. The lowest BCUT2D eigenvalue weighted by atomic mass is 9.62. The van der Waals surface area contributed by atoms with Crippen LogP contribution in [-0.4, -0.2) is 46.9 Å². The topological polar surface area (TPSA) is 23.6 Å². The van der Waals surface area contributed by atoms with Crippen LogP contribution in [0.5, 0.6) is 0 Å². The van der Waals surface area contributed by atoms with Crippen molar-refractivity contribution in [2.45, 2.75) is 69.9 Å². The summed E-state index contributed by atoms with van der Waals surface area (Å²) in [5.74, 6) is 1.58. The highest BCUT2D eigenvalue weighted by atomic mass is 16.2. The van der Waals surface area contributed by atoms with Crippen molar-refractivity contribution in [3.63, 3.8) is 0 Å². The number of hydrogen-bond donors (Lipinski definition) is 0. The van der Waals surface area contributed by atoms with Crippen LogP contribution in [0.2, 0.25) is 0 Å².